The van der Waals surface area contributed by atoms with Gasteiger partial charge in [-0.3, -0.25) is 0 Å². The highest BCUT2D eigenvalue weighted by molar-refractivity contribution is 7.85. The number of hydrogen-bond acceptors (Lipinski definition) is 4. The van der Waals surface area contributed by atoms with Gasteiger partial charge in [0, 0.05) is 30.6 Å². The molecule has 1 atom stereocenters. The van der Waals surface area contributed by atoms with E-state index in [9.17, 15) is 13.0 Å². The van der Waals surface area contributed by atoms with Gasteiger partial charge in [0.05, 0.1) is 5.70 Å². The summed E-state index contributed by atoms with van der Waals surface area (Å²) in [6, 6.07) is 4.40. The molecule has 0 N–H and O–H groups in total. The maximum Gasteiger partial charge on any atom is 0.316 e. The maximum absolute atomic E-state index is 12.9. The molecule has 0 bridgehead atoms. The Morgan fingerprint density at radius 2 is 2.12 bits per heavy atom. The molecule has 0 amide bonds. The Hall–Kier alpha value is -2.47. The zero-order chi connectivity index (χ0) is 19.1. The molecule has 0 saturated carbocycles. The van der Waals surface area contributed by atoms with E-state index in [1.165, 1.54) is 12.1 Å². The monoisotopic (exact) mass is 380 g/mol. The van der Waals surface area contributed by atoms with Gasteiger partial charge in [-0.05, 0) is 38.1 Å². The van der Waals surface area contributed by atoms with Gasteiger partial charge in [-0.25, -0.2) is 4.21 Å². The first-order valence-electron chi connectivity index (χ1n) is 7.94. The van der Waals surface area contributed by atoms with Crippen LogP contribution in [-0.4, -0.2) is 51.5 Å². The Balaban J connectivity index is 2.12. The Labute approximate surface area is 152 Å². The summed E-state index contributed by atoms with van der Waals surface area (Å²) in [5.41, 5.74) is 0.615. The highest BCUT2D eigenvalue weighted by Gasteiger charge is 2.35. The van der Waals surface area contributed by atoms with Gasteiger partial charge < -0.3 is 14.5 Å². The molecule has 6 nitrogen and oxygen atoms in total. The van der Waals surface area contributed by atoms with Crippen LogP contribution in [0.25, 0.3) is 5.70 Å². The Kier molecular flexibility index (Phi) is 4.71. The van der Waals surface area contributed by atoms with Gasteiger partial charge in [0.1, 0.15) is 22.2 Å². The molecule has 2 aliphatic rings. The number of nitriles is 1. The largest absolute Gasteiger partial charge is 0.483 e. The summed E-state index contributed by atoms with van der Waals surface area (Å²) in [6.07, 6.45) is 3.65. The van der Waals surface area contributed by atoms with E-state index < -0.39 is 22.2 Å². The van der Waals surface area contributed by atoms with Crippen molar-refractivity contribution in [1.82, 2.24) is 9.80 Å². The maximum atomic E-state index is 12.9. The average Bonchev–Trinajstić information content (AvgIpc) is 2.93. The Morgan fingerprint density at radius 1 is 1.38 bits per heavy atom. The molecule has 0 aliphatic carbocycles. The zero-order valence-corrected chi connectivity index (χ0v) is 15.4. The standard InChI is InChI=1S/C17H18F2N4O2S/c1-17(2)9-13(23-7-6-22(3)16(23)21-10-20)12-8-11(26(24)15(18)19)4-5-14(12)25-17/h4-5,8-9,15H,6-7H2,1-3H3. The fourth-order valence-corrected chi connectivity index (χ4v) is 3.69. The molecule has 2 heterocycles. The lowest BCUT2D eigenvalue weighted by atomic mass is 9.98. The number of aliphatic imine (C=N–C) groups is 1. The van der Waals surface area contributed by atoms with E-state index in [0.717, 1.165) is 0 Å². The van der Waals surface area contributed by atoms with Crippen LogP contribution in [0.5, 0.6) is 5.75 Å². The van der Waals surface area contributed by atoms with Gasteiger partial charge in [-0.2, -0.15) is 14.0 Å². The minimum absolute atomic E-state index is 0.0271. The Morgan fingerprint density at radius 3 is 2.77 bits per heavy atom. The van der Waals surface area contributed by atoms with Crippen LogP contribution in [-0.2, 0) is 10.8 Å². The molecule has 1 aromatic carbocycles. The number of benzene rings is 1. The van der Waals surface area contributed by atoms with Gasteiger partial charge in [0.2, 0.25) is 12.2 Å². The molecule has 3 rings (SSSR count). The normalized spacial score (nSPS) is 21.3. The minimum atomic E-state index is -2.96. The van der Waals surface area contributed by atoms with Gasteiger partial charge >= 0.3 is 5.76 Å². The number of rotatable bonds is 3. The fourth-order valence-electron chi connectivity index (χ4n) is 3.04. The molecular weight excluding hydrogens is 362 g/mol. The van der Waals surface area contributed by atoms with Crippen molar-refractivity contribution < 1.29 is 17.7 Å². The molecule has 1 aromatic rings. The van der Waals surface area contributed by atoms with E-state index in [2.05, 4.69) is 4.99 Å². The van der Waals surface area contributed by atoms with Crippen LogP contribution >= 0.6 is 0 Å². The third kappa shape index (κ3) is 3.29. The summed E-state index contributed by atoms with van der Waals surface area (Å²) in [6.45, 7) is 5.00. The number of ether oxygens (including phenoxy) is 1. The van der Waals surface area contributed by atoms with Crippen LogP contribution in [0.15, 0.2) is 34.2 Å². The third-order valence-corrected chi connectivity index (χ3v) is 5.20. The molecule has 0 spiro atoms. The molecule has 138 valence electrons. The molecule has 1 unspecified atom stereocenters. The molecule has 2 aliphatic heterocycles. The summed E-state index contributed by atoms with van der Waals surface area (Å²) >= 11 is 0. The number of likely N-dealkylation sites (N-methyl/N-ethyl adjacent to an activating group) is 1. The number of halogens is 2. The molecule has 26 heavy (non-hydrogen) atoms. The smallest absolute Gasteiger partial charge is 0.316 e. The third-order valence-electron chi connectivity index (χ3n) is 4.16. The summed E-state index contributed by atoms with van der Waals surface area (Å²) in [5.74, 6) is -1.98. The van der Waals surface area contributed by atoms with E-state index >= 15 is 0 Å². The van der Waals surface area contributed by atoms with Crippen molar-refractivity contribution in [3.05, 3.63) is 29.8 Å². The number of fused-ring (bicyclic) bond motifs is 1. The van der Waals surface area contributed by atoms with E-state index in [0.29, 0.717) is 36.1 Å². The van der Waals surface area contributed by atoms with Crippen molar-refractivity contribution in [1.29, 1.82) is 5.26 Å². The number of hydrogen-bond donors (Lipinski definition) is 0. The summed E-state index contributed by atoms with van der Waals surface area (Å²) in [4.78, 5) is 7.60. The van der Waals surface area contributed by atoms with E-state index in [4.69, 9.17) is 10.00 Å². The van der Waals surface area contributed by atoms with Crippen LogP contribution in [0.4, 0.5) is 8.78 Å². The minimum Gasteiger partial charge on any atom is -0.483 e. The van der Waals surface area contributed by atoms with Gasteiger partial charge in [-0.15, -0.1) is 4.99 Å². The molecule has 0 aromatic heterocycles. The topological polar surface area (TPSA) is 68.9 Å². The fraction of sp³-hybridized carbons (Fsp3) is 0.412. The number of guanidine groups is 1. The van der Waals surface area contributed by atoms with E-state index in [1.807, 2.05) is 36.8 Å². The van der Waals surface area contributed by atoms with Crippen molar-refractivity contribution in [2.45, 2.75) is 30.1 Å². The quantitative estimate of drug-likeness (QED) is 0.754. The Bertz CT molecular complexity index is 861. The highest BCUT2D eigenvalue weighted by atomic mass is 32.2. The van der Waals surface area contributed by atoms with E-state index in [1.54, 1.807) is 12.3 Å². The van der Waals surface area contributed by atoms with Crippen molar-refractivity contribution >= 4 is 22.5 Å². The molecule has 1 fully saturated rings. The summed E-state index contributed by atoms with van der Waals surface area (Å²) < 4.78 is 43.5. The first-order chi connectivity index (χ1) is 12.2. The van der Waals surface area contributed by atoms with E-state index in [-0.39, 0.29) is 4.90 Å². The van der Waals surface area contributed by atoms with Crippen molar-refractivity contribution in [2.75, 3.05) is 20.1 Å². The van der Waals surface area contributed by atoms with Crippen LogP contribution in [0.1, 0.15) is 19.4 Å². The van der Waals surface area contributed by atoms with Gasteiger partial charge in [0.25, 0.3) is 0 Å². The molecule has 1 saturated heterocycles. The first-order valence-corrected chi connectivity index (χ1v) is 9.15. The van der Waals surface area contributed by atoms with Crippen LogP contribution in [0.3, 0.4) is 0 Å². The van der Waals surface area contributed by atoms with Crippen molar-refractivity contribution in [2.24, 2.45) is 4.99 Å². The average molecular weight is 380 g/mol. The molecule has 0 radical (unpaired) electrons. The number of nitrogens with zero attached hydrogens (tertiary/aromatic N) is 4. The SMILES string of the molecule is CN1CCN(C2=CC(C)(C)Oc3ccc(S(=O)C(F)F)cc32)C1=NC#N. The second kappa shape index (κ2) is 6.68. The van der Waals surface area contributed by atoms with Crippen LogP contribution in [0.2, 0.25) is 0 Å². The summed E-state index contributed by atoms with van der Waals surface area (Å²) in [5, 5.41) is 8.98. The lowest BCUT2D eigenvalue weighted by molar-refractivity contribution is 0.156. The molecular formula is C17H18F2N4O2S. The van der Waals surface area contributed by atoms with Crippen molar-refractivity contribution in [3.8, 4) is 11.9 Å². The zero-order valence-electron chi connectivity index (χ0n) is 14.6. The first kappa shape index (κ1) is 18.3. The van der Waals surface area contributed by atoms with Crippen LogP contribution < -0.4 is 4.74 Å². The second-order valence-corrected chi connectivity index (χ2v) is 7.96. The highest BCUT2D eigenvalue weighted by Crippen LogP contribution is 2.40. The summed E-state index contributed by atoms with van der Waals surface area (Å²) in [7, 11) is -0.592. The number of alkyl halides is 2. The second-order valence-electron chi connectivity index (χ2n) is 6.54. The predicted molar refractivity (Wildman–Crippen MR) is 93.9 cm³/mol. The predicted octanol–water partition coefficient (Wildman–Crippen LogP) is 2.61. The van der Waals surface area contributed by atoms with Crippen LogP contribution in [0, 0.1) is 11.5 Å². The van der Waals surface area contributed by atoms with Crippen molar-refractivity contribution in [3.63, 3.8) is 0 Å². The molecule has 9 heteroatoms. The van der Waals surface area contributed by atoms with Gasteiger partial charge in [0.15, 0.2) is 0 Å². The van der Waals surface area contributed by atoms with Gasteiger partial charge in [-0.1, -0.05) is 0 Å². The lowest BCUT2D eigenvalue weighted by Crippen LogP contribution is -2.36. The lowest BCUT2D eigenvalue weighted by Gasteiger charge is -2.34.